The van der Waals surface area contributed by atoms with Gasteiger partial charge < -0.3 is 5.11 Å². The van der Waals surface area contributed by atoms with Gasteiger partial charge in [-0.3, -0.25) is 4.90 Å². The Balaban J connectivity index is 2.05. The van der Waals surface area contributed by atoms with Gasteiger partial charge in [-0.15, -0.1) is 0 Å². The van der Waals surface area contributed by atoms with Crippen molar-refractivity contribution < 1.29 is 14.3 Å². The van der Waals surface area contributed by atoms with E-state index in [1.54, 1.807) is 6.07 Å². The van der Waals surface area contributed by atoms with E-state index in [2.05, 4.69) is 18.7 Å². The van der Waals surface area contributed by atoms with Crippen molar-refractivity contribution in [1.82, 2.24) is 4.90 Å². The molecule has 1 aromatic rings. The third-order valence-corrected chi connectivity index (χ3v) is 4.13. The fourth-order valence-corrected chi connectivity index (χ4v) is 2.69. The van der Waals surface area contributed by atoms with E-state index in [0.717, 1.165) is 32.0 Å². The molecular formula is C16H22FNO2. The zero-order chi connectivity index (χ0) is 14.8. The van der Waals surface area contributed by atoms with E-state index in [0.29, 0.717) is 17.5 Å². The predicted molar refractivity (Wildman–Crippen MR) is 76.3 cm³/mol. The van der Waals surface area contributed by atoms with E-state index >= 15 is 0 Å². The molecular weight excluding hydrogens is 257 g/mol. The van der Waals surface area contributed by atoms with Crippen LogP contribution in [0.25, 0.3) is 0 Å². The lowest BCUT2D eigenvalue weighted by Crippen LogP contribution is -2.25. The molecule has 0 amide bonds. The molecule has 1 heterocycles. The summed E-state index contributed by atoms with van der Waals surface area (Å²) in [6.45, 7) is 7.05. The molecule has 1 saturated heterocycles. The highest BCUT2D eigenvalue weighted by molar-refractivity contribution is 5.87. The summed E-state index contributed by atoms with van der Waals surface area (Å²) in [5.41, 5.74) is 0.943. The van der Waals surface area contributed by atoms with Crippen LogP contribution in [-0.4, -0.2) is 29.1 Å². The molecule has 20 heavy (non-hydrogen) atoms. The Morgan fingerprint density at radius 3 is 2.75 bits per heavy atom. The van der Waals surface area contributed by atoms with Crippen LogP contribution in [0.5, 0.6) is 0 Å². The Bertz CT molecular complexity index is 499. The first kappa shape index (κ1) is 15.0. The number of carbonyl (C=O) groups is 1. The van der Waals surface area contributed by atoms with Gasteiger partial charge in [0.05, 0.1) is 5.56 Å². The summed E-state index contributed by atoms with van der Waals surface area (Å²) < 4.78 is 13.9. The second kappa shape index (κ2) is 5.92. The van der Waals surface area contributed by atoms with E-state index in [9.17, 15) is 9.18 Å². The fourth-order valence-electron chi connectivity index (χ4n) is 2.69. The van der Waals surface area contributed by atoms with E-state index in [-0.39, 0.29) is 5.56 Å². The lowest BCUT2D eigenvalue weighted by Gasteiger charge is -2.23. The molecule has 3 nitrogen and oxygen atoms in total. The van der Waals surface area contributed by atoms with Crippen LogP contribution in [0.4, 0.5) is 4.39 Å². The molecule has 4 heteroatoms. The highest BCUT2D eigenvalue weighted by Crippen LogP contribution is 2.30. The number of hydrogen-bond acceptors (Lipinski definition) is 2. The topological polar surface area (TPSA) is 40.5 Å². The number of benzene rings is 1. The fraction of sp³-hybridized carbons (Fsp3) is 0.562. The molecule has 2 rings (SSSR count). The average Bonchev–Trinajstić information content (AvgIpc) is 2.53. The van der Waals surface area contributed by atoms with Gasteiger partial charge in [0.15, 0.2) is 0 Å². The second-order valence-corrected chi connectivity index (χ2v) is 6.41. The Hall–Kier alpha value is -1.42. The van der Waals surface area contributed by atoms with Crippen LogP contribution in [0.2, 0.25) is 0 Å². The lowest BCUT2D eigenvalue weighted by molar-refractivity contribution is 0.0696. The number of rotatable bonds is 3. The minimum absolute atomic E-state index is 0.00301. The van der Waals surface area contributed by atoms with Crippen LogP contribution >= 0.6 is 0 Å². The molecule has 1 aliphatic heterocycles. The van der Waals surface area contributed by atoms with Crippen molar-refractivity contribution in [3.63, 3.8) is 0 Å². The Morgan fingerprint density at radius 2 is 2.10 bits per heavy atom. The Kier molecular flexibility index (Phi) is 4.43. The van der Waals surface area contributed by atoms with Crippen molar-refractivity contribution in [3.05, 3.63) is 35.1 Å². The van der Waals surface area contributed by atoms with Crippen LogP contribution < -0.4 is 0 Å². The smallest absolute Gasteiger partial charge is 0.335 e. The average molecular weight is 279 g/mol. The monoisotopic (exact) mass is 279 g/mol. The first-order valence-electron chi connectivity index (χ1n) is 7.11. The van der Waals surface area contributed by atoms with Gasteiger partial charge in [-0.05, 0) is 49.9 Å². The zero-order valence-corrected chi connectivity index (χ0v) is 12.2. The summed E-state index contributed by atoms with van der Waals surface area (Å²) >= 11 is 0. The maximum atomic E-state index is 13.9. The molecule has 0 radical (unpaired) electrons. The van der Waals surface area contributed by atoms with Gasteiger partial charge in [0.1, 0.15) is 5.82 Å². The molecule has 110 valence electrons. The van der Waals surface area contributed by atoms with Crippen molar-refractivity contribution in [2.24, 2.45) is 5.41 Å². The van der Waals surface area contributed by atoms with Crippen molar-refractivity contribution >= 4 is 5.97 Å². The van der Waals surface area contributed by atoms with E-state index in [1.165, 1.54) is 12.5 Å². The molecule has 0 spiro atoms. The minimum atomic E-state index is -1.09. The lowest BCUT2D eigenvalue weighted by atomic mass is 9.85. The first-order chi connectivity index (χ1) is 9.37. The number of halogens is 1. The highest BCUT2D eigenvalue weighted by atomic mass is 19.1. The number of carboxylic acid groups (broad SMARTS) is 1. The molecule has 1 N–H and O–H groups in total. The van der Waals surface area contributed by atoms with E-state index < -0.39 is 11.8 Å². The molecule has 0 aliphatic carbocycles. The molecule has 1 aromatic carbocycles. The van der Waals surface area contributed by atoms with Crippen molar-refractivity contribution in [3.8, 4) is 0 Å². The van der Waals surface area contributed by atoms with Gasteiger partial charge in [0.2, 0.25) is 0 Å². The van der Waals surface area contributed by atoms with Gasteiger partial charge >= 0.3 is 5.97 Å². The first-order valence-corrected chi connectivity index (χ1v) is 7.11. The standard InChI is InChI=1S/C16H22FNO2/c1-16(2)6-3-8-18(9-7-16)11-13-5-4-12(15(19)20)10-14(13)17/h4-5,10H,3,6-9,11H2,1-2H3,(H,19,20). The summed E-state index contributed by atoms with van der Waals surface area (Å²) in [7, 11) is 0. The van der Waals surface area contributed by atoms with Gasteiger partial charge in [-0.2, -0.15) is 0 Å². The predicted octanol–water partition coefficient (Wildman–Crippen LogP) is 3.54. The Morgan fingerprint density at radius 1 is 1.35 bits per heavy atom. The van der Waals surface area contributed by atoms with E-state index in [4.69, 9.17) is 5.11 Å². The van der Waals surface area contributed by atoms with Crippen molar-refractivity contribution in [1.29, 1.82) is 0 Å². The summed E-state index contributed by atoms with van der Waals surface area (Å²) in [6, 6.07) is 4.18. The highest BCUT2D eigenvalue weighted by Gasteiger charge is 2.23. The summed E-state index contributed by atoms with van der Waals surface area (Å²) in [4.78, 5) is 13.1. The van der Waals surface area contributed by atoms with Crippen LogP contribution in [0.15, 0.2) is 18.2 Å². The molecule has 0 bridgehead atoms. The maximum absolute atomic E-state index is 13.9. The molecule has 1 aliphatic rings. The minimum Gasteiger partial charge on any atom is -0.478 e. The van der Waals surface area contributed by atoms with Crippen LogP contribution in [0, 0.1) is 11.2 Å². The van der Waals surface area contributed by atoms with Gasteiger partial charge in [0.25, 0.3) is 0 Å². The zero-order valence-electron chi connectivity index (χ0n) is 12.2. The molecule has 0 unspecified atom stereocenters. The van der Waals surface area contributed by atoms with Crippen LogP contribution in [0.3, 0.4) is 0 Å². The SMILES string of the molecule is CC1(C)CCCN(Cc2ccc(C(=O)O)cc2F)CC1. The van der Waals surface area contributed by atoms with Crippen LogP contribution in [0.1, 0.15) is 49.0 Å². The molecule has 0 aromatic heterocycles. The summed E-state index contributed by atoms with van der Waals surface area (Å²) in [5.74, 6) is -1.51. The number of likely N-dealkylation sites (tertiary alicyclic amines) is 1. The molecule has 0 saturated carbocycles. The van der Waals surface area contributed by atoms with Crippen molar-refractivity contribution in [2.45, 2.75) is 39.7 Å². The second-order valence-electron chi connectivity index (χ2n) is 6.41. The largest absolute Gasteiger partial charge is 0.478 e. The molecule has 0 atom stereocenters. The summed E-state index contributed by atoms with van der Waals surface area (Å²) in [5, 5.41) is 8.84. The number of carboxylic acids is 1. The maximum Gasteiger partial charge on any atom is 0.335 e. The number of hydrogen-bond donors (Lipinski definition) is 1. The Labute approximate surface area is 119 Å². The number of aromatic carboxylic acids is 1. The van der Waals surface area contributed by atoms with E-state index in [1.807, 2.05) is 0 Å². The quantitative estimate of drug-likeness (QED) is 0.920. The van der Waals surface area contributed by atoms with Gasteiger partial charge in [-0.25, -0.2) is 9.18 Å². The summed E-state index contributed by atoms with van der Waals surface area (Å²) in [6.07, 6.45) is 3.44. The van der Waals surface area contributed by atoms with Crippen molar-refractivity contribution in [2.75, 3.05) is 13.1 Å². The van der Waals surface area contributed by atoms with Gasteiger partial charge in [0, 0.05) is 12.1 Å². The van der Waals surface area contributed by atoms with Gasteiger partial charge in [-0.1, -0.05) is 19.9 Å². The number of nitrogens with zero attached hydrogens (tertiary/aromatic N) is 1. The third kappa shape index (κ3) is 3.79. The van der Waals surface area contributed by atoms with Crippen LogP contribution in [-0.2, 0) is 6.54 Å². The normalized spacial score (nSPS) is 19.6. The molecule has 1 fully saturated rings. The third-order valence-electron chi connectivity index (χ3n) is 4.13.